The number of methoxy groups -OCH3 is 2. The first-order valence-electron chi connectivity index (χ1n) is 7.51. The number of hydrogen-bond donors (Lipinski definition) is 1. The number of aromatic nitrogens is 1. The summed E-state index contributed by atoms with van der Waals surface area (Å²) >= 11 is 6.00. The second-order valence-corrected chi connectivity index (χ2v) is 5.86. The van der Waals surface area contributed by atoms with Crippen LogP contribution in [0.1, 0.15) is 28.4 Å². The predicted molar refractivity (Wildman–Crippen MR) is 92.0 cm³/mol. The molecule has 1 aliphatic heterocycles. The zero-order chi connectivity index (χ0) is 17.3. The molecule has 0 spiro atoms. The van der Waals surface area contributed by atoms with E-state index in [-0.39, 0.29) is 11.9 Å². The van der Waals surface area contributed by atoms with Crippen LogP contribution in [-0.4, -0.2) is 31.7 Å². The fraction of sp³-hybridized carbons (Fsp3) is 0.294. The van der Waals surface area contributed by atoms with E-state index in [2.05, 4.69) is 4.98 Å². The van der Waals surface area contributed by atoms with Crippen molar-refractivity contribution in [3.05, 3.63) is 46.6 Å². The Hall–Kier alpha value is -2.31. The van der Waals surface area contributed by atoms with Crippen LogP contribution in [-0.2, 0) is 0 Å². The Morgan fingerprint density at radius 2 is 2.00 bits per heavy atom. The van der Waals surface area contributed by atoms with Crippen molar-refractivity contribution in [1.82, 2.24) is 4.98 Å². The van der Waals surface area contributed by atoms with Crippen molar-refractivity contribution in [2.75, 3.05) is 25.7 Å². The molecule has 1 unspecified atom stereocenters. The molecular weight excluding hydrogens is 330 g/mol. The predicted octanol–water partition coefficient (Wildman–Crippen LogP) is 2.80. The monoisotopic (exact) mass is 347 g/mol. The number of nitrogens with zero attached hydrogens (tertiary/aromatic N) is 2. The molecule has 2 aromatic rings. The maximum absolute atomic E-state index is 13.0. The van der Waals surface area contributed by atoms with Crippen LogP contribution in [0.4, 0.5) is 5.82 Å². The van der Waals surface area contributed by atoms with Crippen molar-refractivity contribution in [3.63, 3.8) is 0 Å². The number of halogens is 1. The summed E-state index contributed by atoms with van der Waals surface area (Å²) in [6.45, 7) is 0.481. The van der Waals surface area contributed by atoms with Gasteiger partial charge in [-0.25, -0.2) is 4.98 Å². The number of rotatable bonds is 3. The van der Waals surface area contributed by atoms with Gasteiger partial charge in [-0.05, 0) is 30.7 Å². The van der Waals surface area contributed by atoms with Gasteiger partial charge >= 0.3 is 0 Å². The molecule has 1 aromatic carbocycles. The number of anilines is 1. The number of carbonyl (C=O) groups excluding carboxylic acids is 1. The molecule has 0 fully saturated rings. The van der Waals surface area contributed by atoms with Gasteiger partial charge in [0, 0.05) is 23.7 Å². The second kappa shape index (κ2) is 6.67. The Balaban J connectivity index is 1.99. The van der Waals surface area contributed by atoms with Crippen molar-refractivity contribution in [2.45, 2.75) is 12.5 Å². The van der Waals surface area contributed by atoms with Gasteiger partial charge in [0.15, 0.2) is 11.5 Å². The van der Waals surface area contributed by atoms with Crippen molar-refractivity contribution in [1.29, 1.82) is 0 Å². The summed E-state index contributed by atoms with van der Waals surface area (Å²) < 4.78 is 10.5. The molecule has 0 bridgehead atoms. The molecule has 0 saturated carbocycles. The zero-order valence-corrected chi connectivity index (χ0v) is 14.2. The number of benzene rings is 1. The molecule has 3 rings (SSSR count). The number of carbonyl (C=O) groups is 1. The molecule has 1 amide bonds. The Morgan fingerprint density at radius 1 is 1.25 bits per heavy atom. The van der Waals surface area contributed by atoms with Crippen LogP contribution in [0.2, 0.25) is 5.15 Å². The van der Waals surface area contributed by atoms with Gasteiger partial charge in [-0.1, -0.05) is 17.7 Å². The summed E-state index contributed by atoms with van der Waals surface area (Å²) in [6.07, 6.45) is 0.662. The molecule has 1 aliphatic rings. The third-order valence-electron chi connectivity index (χ3n) is 4.07. The fourth-order valence-electron chi connectivity index (χ4n) is 2.79. The van der Waals surface area contributed by atoms with E-state index in [1.807, 2.05) is 6.07 Å². The van der Waals surface area contributed by atoms with Gasteiger partial charge in [-0.3, -0.25) is 9.69 Å². The van der Waals surface area contributed by atoms with Crippen LogP contribution in [0.25, 0.3) is 0 Å². The Kier molecular flexibility index (Phi) is 4.59. The summed E-state index contributed by atoms with van der Waals surface area (Å²) in [4.78, 5) is 18.9. The lowest BCUT2D eigenvalue weighted by molar-refractivity contribution is 0.0983. The molecule has 0 aliphatic carbocycles. The Bertz CT molecular complexity index is 782. The third-order valence-corrected chi connectivity index (χ3v) is 4.28. The van der Waals surface area contributed by atoms with E-state index in [1.54, 1.807) is 36.3 Å². The lowest BCUT2D eigenvalue weighted by Crippen LogP contribution is -2.39. The fourth-order valence-corrected chi connectivity index (χ4v) is 2.94. The van der Waals surface area contributed by atoms with Crippen molar-refractivity contribution < 1.29 is 14.3 Å². The maximum atomic E-state index is 13.0. The van der Waals surface area contributed by atoms with Gasteiger partial charge < -0.3 is 15.2 Å². The number of amides is 1. The molecule has 6 nitrogen and oxygen atoms in total. The van der Waals surface area contributed by atoms with Crippen molar-refractivity contribution >= 4 is 23.3 Å². The van der Waals surface area contributed by atoms with E-state index >= 15 is 0 Å². The Morgan fingerprint density at radius 3 is 2.71 bits per heavy atom. The normalized spacial score (nSPS) is 16.5. The standard InChI is InChI=1S/C17H18ClN3O3/c1-23-13-5-3-10(9-14(13)24-2)17(22)21-8-7-12(19)11-4-6-15(18)20-16(11)21/h3-6,9,12H,7-8,19H2,1-2H3. The highest BCUT2D eigenvalue weighted by Gasteiger charge is 2.29. The summed E-state index contributed by atoms with van der Waals surface area (Å²) in [5.41, 5.74) is 7.42. The zero-order valence-electron chi connectivity index (χ0n) is 13.5. The van der Waals surface area contributed by atoms with Crippen LogP contribution in [0.5, 0.6) is 11.5 Å². The van der Waals surface area contributed by atoms with E-state index in [4.69, 9.17) is 26.8 Å². The maximum Gasteiger partial charge on any atom is 0.259 e. The van der Waals surface area contributed by atoms with Gasteiger partial charge in [0.25, 0.3) is 5.91 Å². The molecule has 0 saturated heterocycles. The summed E-state index contributed by atoms with van der Waals surface area (Å²) in [5, 5.41) is 0.327. The molecule has 1 atom stereocenters. The average Bonchev–Trinajstić information content (AvgIpc) is 2.60. The summed E-state index contributed by atoms with van der Waals surface area (Å²) in [5.74, 6) is 1.40. The highest BCUT2D eigenvalue weighted by Crippen LogP contribution is 2.34. The third kappa shape index (κ3) is 2.90. The van der Waals surface area contributed by atoms with Gasteiger partial charge in [-0.15, -0.1) is 0 Å². The average molecular weight is 348 g/mol. The number of hydrogen-bond acceptors (Lipinski definition) is 5. The second-order valence-electron chi connectivity index (χ2n) is 5.47. The first-order valence-corrected chi connectivity index (χ1v) is 7.89. The number of nitrogens with two attached hydrogens (primary N) is 1. The van der Waals surface area contributed by atoms with Gasteiger partial charge in [0.1, 0.15) is 11.0 Å². The van der Waals surface area contributed by atoms with Crippen LogP contribution in [0.3, 0.4) is 0 Å². The lowest BCUT2D eigenvalue weighted by Gasteiger charge is -2.31. The minimum Gasteiger partial charge on any atom is -0.493 e. The topological polar surface area (TPSA) is 77.7 Å². The molecular formula is C17H18ClN3O3. The van der Waals surface area contributed by atoms with Gasteiger partial charge in [-0.2, -0.15) is 0 Å². The summed E-state index contributed by atoms with van der Waals surface area (Å²) in [6, 6.07) is 8.41. The minimum atomic E-state index is -0.182. The van der Waals surface area contributed by atoms with Crippen LogP contribution in [0.15, 0.2) is 30.3 Å². The molecule has 126 valence electrons. The van der Waals surface area contributed by atoms with E-state index in [0.29, 0.717) is 41.0 Å². The van der Waals surface area contributed by atoms with Crippen LogP contribution >= 0.6 is 11.6 Å². The van der Waals surface area contributed by atoms with Crippen molar-refractivity contribution in [2.24, 2.45) is 5.73 Å². The number of ether oxygens (including phenoxy) is 2. The number of pyridine rings is 1. The molecule has 0 radical (unpaired) electrons. The van der Waals surface area contributed by atoms with E-state index in [9.17, 15) is 4.79 Å². The molecule has 2 heterocycles. The molecule has 7 heteroatoms. The minimum absolute atomic E-state index is 0.153. The van der Waals surface area contributed by atoms with Crippen LogP contribution in [0, 0.1) is 0 Å². The van der Waals surface area contributed by atoms with Gasteiger partial charge in [0.2, 0.25) is 0 Å². The molecule has 1 aromatic heterocycles. The van der Waals surface area contributed by atoms with E-state index in [0.717, 1.165) is 5.56 Å². The highest BCUT2D eigenvalue weighted by molar-refractivity contribution is 6.29. The molecule has 2 N–H and O–H groups in total. The largest absolute Gasteiger partial charge is 0.493 e. The van der Waals surface area contributed by atoms with E-state index in [1.165, 1.54) is 7.11 Å². The SMILES string of the molecule is COc1ccc(C(=O)N2CCC(N)c3ccc(Cl)nc32)cc1OC. The quantitative estimate of drug-likeness (QED) is 0.864. The first-order chi connectivity index (χ1) is 11.5. The summed E-state index contributed by atoms with van der Waals surface area (Å²) in [7, 11) is 3.08. The highest BCUT2D eigenvalue weighted by atomic mass is 35.5. The van der Waals surface area contributed by atoms with Crippen molar-refractivity contribution in [3.8, 4) is 11.5 Å². The smallest absolute Gasteiger partial charge is 0.259 e. The first kappa shape index (κ1) is 16.5. The van der Waals surface area contributed by atoms with Gasteiger partial charge in [0.05, 0.1) is 14.2 Å². The molecule has 24 heavy (non-hydrogen) atoms. The van der Waals surface area contributed by atoms with Crippen LogP contribution < -0.4 is 20.1 Å². The van der Waals surface area contributed by atoms with E-state index < -0.39 is 0 Å². The lowest BCUT2D eigenvalue weighted by atomic mass is 10.00. The Labute approximate surface area is 145 Å². The number of fused-ring (bicyclic) bond motifs is 1.